The van der Waals surface area contributed by atoms with Gasteiger partial charge in [-0.1, -0.05) is 0 Å². The van der Waals surface area contributed by atoms with Crippen LogP contribution in [0.1, 0.15) is 32.8 Å². The molecule has 1 N–H and O–H groups in total. The Bertz CT molecular complexity index is 539. The molecule has 0 saturated heterocycles. The van der Waals surface area contributed by atoms with Crippen LogP contribution in [0.5, 0.6) is 0 Å². The number of halogens is 1. The van der Waals surface area contributed by atoms with Crippen LogP contribution in [0.2, 0.25) is 0 Å². The average molecular weight is 409 g/mol. The summed E-state index contributed by atoms with van der Waals surface area (Å²) in [4.78, 5) is 15.5. The molecule has 1 atom stereocenters. The summed E-state index contributed by atoms with van der Waals surface area (Å²) >= 11 is 1.81. The maximum Gasteiger partial charge on any atom is -1.00 e. The van der Waals surface area contributed by atoms with Gasteiger partial charge in [-0.05, 0) is 0 Å². The molecule has 2 rings (SSSR count). The first kappa shape index (κ1) is 16.8. The summed E-state index contributed by atoms with van der Waals surface area (Å²) in [5.41, 5.74) is 3.08. The number of aliphatic hydroxyl groups excluding tert-OH is 1. The second-order valence-corrected chi connectivity index (χ2v) is 7.06. The monoisotopic (exact) mass is 409 g/mol. The van der Waals surface area contributed by atoms with Crippen LogP contribution in [0.3, 0.4) is 0 Å². The fraction of sp³-hybridized carbons (Fsp3) is 0.385. The minimum Gasteiger partial charge on any atom is -1.00 e. The van der Waals surface area contributed by atoms with E-state index in [2.05, 4.69) is 4.94 Å². The van der Waals surface area contributed by atoms with E-state index in [9.17, 15) is 4.79 Å². The Balaban J connectivity index is 0.00000180. The molecule has 1 unspecified atom stereocenters. The van der Waals surface area contributed by atoms with Crippen LogP contribution in [0.25, 0.3) is 0 Å². The molecule has 19 heavy (non-hydrogen) atoms. The third-order valence-corrected chi connectivity index (χ3v) is 5.97. The van der Waals surface area contributed by atoms with Crippen LogP contribution in [0, 0.1) is 6.92 Å². The fourth-order valence-corrected chi connectivity index (χ4v) is 4.54. The minimum atomic E-state index is -0.151. The van der Waals surface area contributed by atoms with Gasteiger partial charge in [0.2, 0.25) is 0 Å². The maximum absolute atomic E-state index is 12.3. The molecule has 2 aromatic rings. The number of carbonyl (C=O) groups is 1. The molecule has 0 radical (unpaired) electrons. The van der Waals surface area contributed by atoms with Crippen LogP contribution in [-0.4, -0.2) is 32.0 Å². The van der Waals surface area contributed by atoms with Gasteiger partial charge >= 0.3 is 117 Å². The zero-order valence-corrected chi connectivity index (χ0v) is 14.9. The van der Waals surface area contributed by atoms with Crippen molar-refractivity contribution < 1.29 is 31.4 Å². The first-order valence-corrected chi connectivity index (χ1v) is 8.54. The Labute approximate surface area is 133 Å². The topological polar surface area (TPSA) is 41.2 Å². The van der Waals surface area contributed by atoms with Gasteiger partial charge in [0.25, 0.3) is 0 Å². The van der Waals surface area contributed by atoms with Crippen LogP contribution in [0.4, 0.5) is 0 Å². The summed E-state index contributed by atoms with van der Waals surface area (Å²) in [5.74, 6) is 0.210. The Hall–Kier alpha value is -0.261. The molecule has 0 saturated carbocycles. The van der Waals surface area contributed by atoms with E-state index >= 15 is 0 Å². The van der Waals surface area contributed by atoms with Gasteiger partial charge in [0.05, 0.1) is 0 Å². The molecule has 3 nitrogen and oxygen atoms in total. The van der Waals surface area contributed by atoms with E-state index in [0.29, 0.717) is 6.42 Å². The van der Waals surface area contributed by atoms with E-state index in [1.807, 2.05) is 36.1 Å². The van der Waals surface area contributed by atoms with Crippen molar-refractivity contribution in [3.63, 3.8) is 0 Å². The van der Waals surface area contributed by atoms with E-state index in [4.69, 9.17) is 5.11 Å². The van der Waals surface area contributed by atoms with Gasteiger partial charge in [-0.25, -0.2) is 0 Å². The number of Topliss-reactive ketones (excluding diaryl/α,β-unsaturated/α-hetero) is 1. The molecule has 2 aromatic heterocycles. The number of nitrogens with zero attached hydrogens (tertiary/aromatic N) is 1. The smallest absolute Gasteiger partial charge is 1.00 e. The zero-order valence-electron chi connectivity index (χ0n) is 10.8. The fourth-order valence-electron chi connectivity index (χ4n) is 1.90. The Morgan fingerprint density at radius 3 is 2.89 bits per heavy atom. The van der Waals surface area contributed by atoms with Crippen molar-refractivity contribution in [1.29, 1.82) is 0 Å². The molecule has 0 bridgehead atoms. The van der Waals surface area contributed by atoms with E-state index in [1.165, 1.54) is 0 Å². The molecule has 2 heterocycles. The molecule has 0 fully saturated rings. The normalized spacial score (nSPS) is 11.9. The third-order valence-electron chi connectivity index (χ3n) is 3.00. The summed E-state index contributed by atoms with van der Waals surface area (Å²) in [5, 5.41) is 8.99. The molecule has 104 valence electrons. The molecule has 6 heteroatoms. The Morgan fingerprint density at radius 2 is 2.32 bits per heavy atom. The van der Waals surface area contributed by atoms with Gasteiger partial charge < -0.3 is 17.0 Å². The van der Waals surface area contributed by atoms with Crippen molar-refractivity contribution >= 4 is 31.6 Å². The van der Waals surface area contributed by atoms with E-state index < -0.39 is 0 Å². The summed E-state index contributed by atoms with van der Waals surface area (Å²) in [6, 6.07) is 3.74. The van der Waals surface area contributed by atoms with Gasteiger partial charge in [-0.3, -0.25) is 0 Å². The van der Waals surface area contributed by atoms with Crippen LogP contribution in [-0.2, 0) is 6.42 Å². The molecule has 0 aliphatic carbocycles. The van der Waals surface area contributed by atoms with E-state index in [-0.39, 0.29) is 49.9 Å². The number of rotatable bonds is 5. The molecule has 0 aliphatic rings. The summed E-state index contributed by atoms with van der Waals surface area (Å²) in [6.45, 7) is 4.11. The van der Waals surface area contributed by atoms with Crippen molar-refractivity contribution in [3.05, 3.63) is 37.6 Å². The molecule has 0 aliphatic heterocycles. The van der Waals surface area contributed by atoms with Crippen molar-refractivity contribution in [2.24, 2.45) is 0 Å². The van der Waals surface area contributed by atoms with E-state index in [1.54, 1.807) is 11.3 Å². The second-order valence-electron chi connectivity index (χ2n) is 4.13. The van der Waals surface area contributed by atoms with E-state index in [0.717, 1.165) is 15.0 Å². The van der Waals surface area contributed by atoms with Crippen molar-refractivity contribution in [2.45, 2.75) is 26.3 Å². The maximum atomic E-state index is 12.3. The molecular formula is C13H16BrNO2SSe. The summed E-state index contributed by atoms with van der Waals surface area (Å²) in [6.07, 6.45) is 0.665. The van der Waals surface area contributed by atoms with Crippen LogP contribution in [0.15, 0.2) is 22.6 Å². The van der Waals surface area contributed by atoms with Crippen LogP contribution >= 0.6 is 11.3 Å². The number of aromatic nitrogens is 1. The SMILES string of the molecule is Cc1c(CCO)sc[n+]1C(C)C(=O)c1ccc[se]1.[Br-]. The quantitative estimate of drug-likeness (QED) is 0.367. The number of ketones is 1. The van der Waals surface area contributed by atoms with Crippen molar-refractivity contribution in [2.75, 3.05) is 6.61 Å². The second kappa shape index (κ2) is 7.50. The van der Waals surface area contributed by atoms with Crippen molar-refractivity contribution in [1.82, 2.24) is 0 Å². The predicted molar refractivity (Wildman–Crippen MR) is 72.5 cm³/mol. The molecule has 0 amide bonds. The standard InChI is InChI=1S/C13H16NO2SSe.BrH/c1-9-11(5-6-15)17-8-14(9)10(2)13(16)12-4-3-7-18-12;/h3-4,7-8,10,15H,5-6H2,1-2H3;1H/q+1;/p-1. The zero-order chi connectivity index (χ0) is 13.1. The third kappa shape index (κ3) is 3.64. The predicted octanol–water partition coefficient (Wildman–Crippen LogP) is -1.62. The first-order chi connectivity index (χ1) is 8.65. The summed E-state index contributed by atoms with van der Waals surface area (Å²) in [7, 11) is 0. The minimum absolute atomic E-state index is 0. The number of aliphatic hydroxyl groups is 1. The molecule has 0 aromatic carbocycles. The van der Waals surface area contributed by atoms with Gasteiger partial charge in [0.15, 0.2) is 0 Å². The number of carbonyl (C=O) groups excluding carboxylic acids is 1. The number of hydrogen-bond donors (Lipinski definition) is 1. The first-order valence-electron chi connectivity index (χ1n) is 5.81. The van der Waals surface area contributed by atoms with Crippen molar-refractivity contribution in [3.8, 4) is 0 Å². The molecular weight excluding hydrogens is 393 g/mol. The Kier molecular flexibility index (Phi) is 6.63. The van der Waals surface area contributed by atoms with Gasteiger partial charge in [0.1, 0.15) is 0 Å². The largest absolute Gasteiger partial charge is 1.00 e. The van der Waals surface area contributed by atoms with Gasteiger partial charge in [-0.15, -0.1) is 0 Å². The van der Waals surface area contributed by atoms with Gasteiger partial charge in [-0.2, -0.15) is 0 Å². The Morgan fingerprint density at radius 1 is 1.58 bits per heavy atom. The summed E-state index contributed by atoms with van der Waals surface area (Å²) < 4.78 is 2.96. The number of hydrogen-bond acceptors (Lipinski definition) is 3. The molecule has 0 spiro atoms. The average Bonchev–Trinajstić information content (AvgIpc) is 2.99. The van der Waals surface area contributed by atoms with Crippen LogP contribution < -0.4 is 21.5 Å². The number of thiazole rings is 1. The van der Waals surface area contributed by atoms with Gasteiger partial charge in [0, 0.05) is 0 Å².